The highest BCUT2D eigenvalue weighted by molar-refractivity contribution is 5.48. The van der Waals surface area contributed by atoms with Crippen LogP contribution >= 0.6 is 0 Å². The van der Waals surface area contributed by atoms with Crippen molar-refractivity contribution in [1.82, 2.24) is 4.98 Å². The Balaban J connectivity index is 2.31. The van der Waals surface area contributed by atoms with Gasteiger partial charge in [-0.2, -0.15) is 4.98 Å². The molecule has 1 aromatic heterocycles. The Morgan fingerprint density at radius 1 is 1.22 bits per heavy atom. The maximum absolute atomic E-state index is 10.8. The predicted molar refractivity (Wildman–Crippen MR) is 67.0 cm³/mol. The average Bonchev–Trinajstić information content (AvgIpc) is 2.39. The van der Waals surface area contributed by atoms with Gasteiger partial charge in [-0.15, -0.1) is 0 Å². The molecule has 0 bridgehead atoms. The number of aromatic nitrogens is 1. The molecule has 2 rings (SSSR count). The van der Waals surface area contributed by atoms with Gasteiger partial charge in [-0.1, -0.05) is 18.2 Å². The van der Waals surface area contributed by atoms with E-state index < -0.39 is 4.92 Å². The van der Waals surface area contributed by atoms with E-state index in [9.17, 15) is 10.1 Å². The highest BCUT2D eigenvalue weighted by Crippen LogP contribution is 2.30. The van der Waals surface area contributed by atoms with Crippen LogP contribution in [0.3, 0.4) is 0 Å². The molecule has 2 aromatic rings. The molecule has 1 aromatic carbocycles. The number of nitrogens with one attached hydrogen (secondary N) is 1. The molecule has 1 N–H and O–H groups in total. The molecule has 18 heavy (non-hydrogen) atoms. The maximum Gasteiger partial charge on any atom is 0.311 e. The molecule has 0 atom stereocenters. The Morgan fingerprint density at radius 2 is 2.00 bits per heavy atom. The molecule has 0 spiro atoms. The van der Waals surface area contributed by atoms with Gasteiger partial charge in [-0.3, -0.25) is 10.1 Å². The highest BCUT2D eigenvalue weighted by Gasteiger charge is 2.14. The molecular formula is C12H11N3O3. The minimum atomic E-state index is -0.489. The molecule has 0 aliphatic heterocycles. The Bertz CT molecular complexity index is 572. The summed E-state index contributed by atoms with van der Waals surface area (Å²) in [7, 11) is 1.73. The van der Waals surface area contributed by atoms with Crippen molar-refractivity contribution in [3.63, 3.8) is 0 Å². The second-order valence-corrected chi connectivity index (χ2v) is 3.44. The van der Waals surface area contributed by atoms with Crippen LogP contribution in [0.1, 0.15) is 0 Å². The van der Waals surface area contributed by atoms with Crippen molar-refractivity contribution in [2.75, 3.05) is 12.4 Å². The van der Waals surface area contributed by atoms with Gasteiger partial charge >= 0.3 is 5.69 Å². The summed E-state index contributed by atoms with van der Waals surface area (Å²) in [6.07, 6.45) is 0. The molecule has 0 unspecified atom stereocenters. The number of nitrogens with zero attached hydrogens (tertiary/aromatic N) is 2. The highest BCUT2D eigenvalue weighted by atomic mass is 16.6. The summed E-state index contributed by atoms with van der Waals surface area (Å²) in [4.78, 5) is 14.5. The van der Waals surface area contributed by atoms with Crippen LogP contribution in [0.15, 0.2) is 42.5 Å². The Hall–Kier alpha value is -2.63. The first-order valence-electron chi connectivity index (χ1n) is 5.27. The van der Waals surface area contributed by atoms with Crippen LogP contribution in [-0.4, -0.2) is 17.0 Å². The summed E-state index contributed by atoms with van der Waals surface area (Å²) >= 11 is 0. The number of rotatable bonds is 4. The first-order chi connectivity index (χ1) is 8.70. The van der Waals surface area contributed by atoms with E-state index in [-0.39, 0.29) is 11.4 Å². The molecule has 0 amide bonds. The number of pyridine rings is 1. The van der Waals surface area contributed by atoms with Gasteiger partial charge in [0, 0.05) is 19.2 Å². The third-order valence-electron chi connectivity index (χ3n) is 2.26. The van der Waals surface area contributed by atoms with Crippen LogP contribution in [-0.2, 0) is 0 Å². The zero-order chi connectivity index (χ0) is 13.0. The third kappa shape index (κ3) is 2.54. The predicted octanol–water partition coefficient (Wildman–Crippen LogP) is 2.82. The van der Waals surface area contributed by atoms with Gasteiger partial charge in [0.15, 0.2) is 0 Å². The van der Waals surface area contributed by atoms with Crippen molar-refractivity contribution in [3.8, 4) is 11.6 Å². The first-order valence-corrected chi connectivity index (χ1v) is 5.27. The van der Waals surface area contributed by atoms with Gasteiger partial charge < -0.3 is 10.1 Å². The van der Waals surface area contributed by atoms with Gasteiger partial charge in [0.25, 0.3) is 0 Å². The molecule has 0 aliphatic carbocycles. The third-order valence-corrected chi connectivity index (χ3v) is 2.26. The normalized spacial score (nSPS) is 9.83. The van der Waals surface area contributed by atoms with Gasteiger partial charge in [-0.25, -0.2) is 0 Å². The number of ether oxygens (including phenoxy) is 1. The first kappa shape index (κ1) is 11.8. The van der Waals surface area contributed by atoms with Crippen LogP contribution < -0.4 is 10.1 Å². The Kier molecular flexibility index (Phi) is 3.38. The lowest BCUT2D eigenvalue weighted by Crippen LogP contribution is -1.96. The average molecular weight is 245 g/mol. The minimum Gasteiger partial charge on any atom is -0.432 e. The van der Waals surface area contributed by atoms with E-state index in [1.165, 1.54) is 12.1 Å². The van der Waals surface area contributed by atoms with Crippen LogP contribution in [0.25, 0.3) is 0 Å². The van der Waals surface area contributed by atoms with Gasteiger partial charge in [-0.05, 0) is 12.1 Å². The summed E-state index contributed by atoms with van der Waals surface area (Å²) in [5.74, 6) is 1.10. The largest absolute Gasteiger partial charge is 0.432 e. The lowest BCUT2D eigenvalue weighted by molar-refractivity contribution is -0.385. The van der Waals surface area contributed by atoms with Gasteiger partial charge in [0.1, 0.15) is 5.82 Å². The number of hydrogen-bond donors (Lipinski definition) is 1. The van der Waals surface area contributed by atoms with E-state index in [2.05, 4.69) is 10.3 Å². The maximum atomic E-state index is 10.8. The molecule has 0 fully saturated rings. The Morgan fingerprint density at radius 3 is 2.72 bits per heavy atom. The SMILES string of the molecule is CNc1cccc(Oc2ccccc2[N+](=O)[O-])n1. The van der Waals surface area contributed by atoms with Crippen LogP contribution in [0, 0.1) is 10.1 Å². The minimum absolute atomic E-state index is 0.0887. The molecular weight excluding hydrogens is 234 g/mol. The number of benzene rings is 1. The fourth-order valence-corrected chi connectivity index (χ4v) is 1.42. The lowest BCUT2D eigenvalue weighted by Gasteiger charge is -2.06. The fraction of sp³-hybridized carbons (Fsp3) is 0.0833. The molecule has 0 saturated carbocycles. The van der Waals surface area contributed by atoms with Gasteiger partial charge in [0.05, 0.1) is 4.92 Å². The van der Waals surface area contributed by atoms with E-state index >= 15 is 0 Å². The summed E-state index contributed by atoms with van der Waals surface area (Å²) < 4.78 is 5.42. The van der Waals surface area contributed by atoms with Crippen molar-refractivity contribution in [1.29, 1.82) is 0 Å². The Labute approximate surface area is 103 Å². The second kappa shape index (κ2) is 5.13. The van der Waals surface area contributed by atoms with E-state index in [0.29, 0.717) is 11.7 Å². The number of nitro groups is 1. The summed E-state index contributed by atoms with van der Waals surface area (Å²) in [6, 6.07) is 11.3. The second-order valence-electron chi connectivity index (χ2n) is 3.44. The number of hydrogen-bond acceptors (Lipinski definition) is 5. The van der Waals surface area contributed by atoms with Crippen molar-refractivity contribution in [2.24, 2.45) is 0 Å². The van der Waals surface area contributed by atoms with E-state index in [4.69, 9.17) is 4.74 Å². The molecule has 0 saturated heterocycles. The smallest absolute Gasteiger partial charge is 0.311 e. The van der Waals surface area contributed by atoms with Crippen molar-refractivity contribution in [2.45, 2.75) is 0 Å². The molecule has 6 heteroatoms. The summed E-state index contributed by atoms with van der Waals surface area (Å²) in [6.45, 7) is 0. The fourth-order valence-electron chi connectivity index (χ4n) is 1.42. The summed E-state index contributed by atoms with van der Waals surface area (Å²) in [5, 5.41) is 13.7. The molecule has 92 valence electrons. The van der Waals surface area contributed by atoms with Gasteiger partial charge in [0.2, 0.25) is 11.6 Å². The van der Waals surface area contributed by atoms with Crippen LogP contribution in [0.5, 0.6) is 11.6 Å². The van der Waals surface area contributed by atoms with Crippen molar-refractivity contribution in [3.05, 3.63) is 52.6 Å². The number of para-hydroxylation sites is 2. The topological polar surface area (TPSA) is 77.3 Å². The molecule has 6 nitrogen and oxygen atoms in total. The monoisotopic (exact) mass is 245 g/mol. The summed E-state index contributed by atoms with van der Waals surface area (Å²) in [5.41, 5.74) is -0.0887. The molecule has 0 aliphatic rings. The zero-order valence-corrected chi connectivity index (χ0v) is 9.66. The standard InChI is InChI=1S/C12H11N3O3/c1-13-11-7-4-8-12(14-11)18-10-6-3-2-5-9(10)15(16)17/h2-8H,1H3,(H,13,14). The van der Waals surface area contributed by atoms with E-state index in [1.807, 2.05) is 0 Å². The molecule has 1 heterocycles. The number of nitro benzene ring substituents is 1. The van der Waals surface area contributed by atoms with E-state index in [1.54, 1.807) is 37.4 Å². The lowest BCUT2D eigenvalue weighted by atomic mass is 10.3. The zero-order valence-electron chi connectivity index (χ0n) is 9.66. The van der Waals surface area contributed by atoms with Crippen molar-refractivity contribution >= 4 is 11.5 Å². The molecule has 0 radical (unpaired) electrons. The van der Waals surface area contributed by atoms with Crippen LogP contribution in [0.4, 0.5) is 11.5 Å². The number of anilines is 1. The van der Waals surface area contributed by atoms with Crippen molar-refractivity contribution < 1.29 is 9.66 Å². The van der Waals surface area contributed by atoms with Crippen LogP contribution in [0.2, 0.25) is 0 Å². The quantitative estimate of drug-likeness (QED) is 0.662. The van der Waals surface area contributed by atoms with E-state index in [0.717, 1.165) is 0 Å².